The highest BCUT2D eigenvalue weighted by atomic mass is 16.5. The smallest absolute Gasteiger partial charge is 0.312 e. The molecule has 39 heavy (non-hydrogen) atoms. The summed E-state index contributed by atoms with van der Waals surface area (Å²) >= 11 is 0. The first kappa shape index (κ1) is 25.7. The fourth-order valence-corrected chi connectivity index (χ4v) is 4.65. The molecule has 0 unspecified atom stereocenters. The molecule has 0 radical (unpaired) electrons. The Labute approximate surface area is 223 Å². The third kappa shape index (κ3) is 4.74. The van der Waals surface area contributed by atoms with Crippen LogP contribution in [0.4, 0.5) is 0 Å². The summed E-state index contributed by atoms with van der Waals surface area (Å²) in [7, 11) is 2.95. The number of phenols is 2. The van der Waals surface area contributed by atoms with Gasteiger partial charge in [0.05, 0.1) is 20.6 Å². The average Bonchev–Trinajstić information content (AvgIpc) is 2.90. The van der Waals surface area contributed by atoms with Crippen LogP contribution >= 0.6 is 0 Å². The van der Waals surface area contributed by atoms with E-state index in [0.717, 1.165) is 5.57 Å². The van der Waals surface area contributed by atoms with E-state index in [1.54, 1.807) is 30.3 Å². The molecule has 200 valence electrons. The predicted molar refractivity (Wildman–Crippen MR) is 143 cm³/mol. The van der Waals surface area contributed by atoms with Gasteiger partial charge in [0.1, 0.15) is 34.8 Å². The van der Waals surface area contributed by atoms with E-state index >= 15 is 0 Å². The number of carbonyl (C=O) groups excluding carboxylic acids is 1. The molecule has 0 saturated heterocycles. The standard InChI is InChI=1S/C30H26O9/c1-15(2)14-37-25-10-16(5-8-23(25)36-4)18-11-27(34)38-26-13-21(33)29-20(32)12-24(39-30(29)28(18)26)17-6-7-22(35-3)19(31)9-17/h5-10,12-13,18,31,33H,1,11,14H2,2-4H3/t18-/m0/s1. The lowest BCUT2D eigenvalue weighted by atomic mass is 9.85. The largest absolute Gasteiger partial charge is 0.507 e. The molecular formula is C30H26O9. The third-order valence-corrected chi connectivity index (χ3v) is 6.45. The number of benzene rings is 3. The summed E-state index contributed by atoms with van der Waals surface area (Å²) in [6.07, 6.45) is -0.0452. The van der Waals surface area contributed by atoms with Crippen LogP contribution in [0.1, 0.15) is 30.4 Å². The molecule has 2 N–H and O–H groups in total. The number of phenolic OH excluding ortho intramolecular Hbond substituents is 2. The molecular weight excluding hydrogens is 504 g/mol. The summed E-state index contributed by atoms with van der Waals surface area (Å²) in [6, 6.07) is 12.3. The highest BCUT2D eigenvalue weighted by Crippen LogP contribution is 2.47. The van der Waals surface area contributed by atoms with Gasteiger partial charge < -0.3 is 33.6 Å². The third-order valence-electron chi connectivity index (χ3n) is 6.45. The number of esters is 1. The average molecular weight is 531 g/mol. The van der Waals surface area contributed by atoms with E-state index in [1.165, 1.54) is 32.4 Å². The predicted octanol–water partition coefficient (Wildman–Crippen LogP) is 5.28. The fraction of sp³-hybridized carbons (Fsp3) is 0.200. The number of rotatable bonds is 7. The zero-order valence-electron chi connectivity index (χ0n) is 21.6. The Morgan fingerprint density at radius 2 is 1.72 bits per heavy atom. The van der Waals surface area contributed by atoms with Gasteiger partial charge in [-0.25, -0.2) is 0 Å². The van der Waals surface area contributed by atoms with E-state index in [2.05, 4.69) is 6.58 Å². The van der Waals surface area contributed by atoms with Crippen molar-refractivity contribution in [3.8, 4) is 45.8 Å². The Hall–Kier alpha value is -4.92. The Balaban J connectivity index is 1.73. The van der Waals surface area contributed by atoms with Crippen molar-refractivity contribution >= 4 is 16.9 Å². The molecule has 1 aliphatic rings. The van der Waals surface area contributed by atoms with Crippen molar-refractivity contribution in [3.05, 3.63) is 82.0 Å². The SMILES string of the molecule is C=C(C)COc1cc([C@@H]2CC(=O)Oc3cc(O)c4c(=O)cc(-c5ccc(OC)c(O)c5)oc4c32)ccc1OC. The van der Waals surface area contributed by atoms with Crippen molar-refractivity contribution in [2.45, 2.75) is 19.3 Å². The summed E-state index contributed by atoms with van der Waals surface area (Å²) in [6.45, 7) is 5.97. The number of carbonyl (C=O) groups is 1. The van der Waals surface area contributed by atoms with Crippen molar-refractivity contribution in [1.82, 2.24) is 0 Å². The maximum absolute atomic E-state index is 13.2. The molecule has 4 aromatic rings. The highest BCUT2D eigenvalue weighted by Gasteiger charge is 2.34. The van der Waals surface area contributed by atoms with Gasteiger partial charge in [0, 0.05) is 29.2 Å². The summed E-state index contributed by atoms with van der Waals surface area (Å²) in [5, 5.41) is 20.9. The number of ether oxygens (including phenoxy) is 4. The first-order valence-corrected chi connectivity index (χ1v) is 12.1. The van der Waals surface area contributed by atoms with Gasteiger partial charge in [-0.15, -0.1) is 0 Å². The number of hydrogen-bond acceptors (Lipinski definition) is 9. The Morgan fingerprint density at radius 3 is 2.41 bits per heavy atom. The summed E-state index contributed by atoms with van der Waals surface area (Å²) in [5.74, 6) is -0.172. The molecule has 3 aromatic carbocycles. The Kier molecular flexibility index (Phi) is 6.66. The molecule has 0 bridgehead atoms. The number of aromatic hydroxyl groups is 2. The van der Waals surface area contributed by atoms with Crippen LogP contribution in [-0.4, -0.2) is 37.0 Å². The van der Waals surface area contributed by atoms with Crippen molar-refractivity contribution in [1.29, 1.82) is 0 Å². The fourth-order valence-electron chi connectivity index (χ4n) is 4.65. The molecule has 0 spiro atoms. The van der Waals surface area contributed by atoms with Gasteiger partial charge in [0.25, 0.3) is 0 Å². The van der Waals surface area contributed by atoms with Gasteiger partial charge >= 0.3 is 5.97 Å². The second-order valence-corrected chi connectivity index (χ2v) is 9.26. The van der Waals surface area contributed by atoms with Gasteiger partial charge in [-0.3, -0.25) is 9.59 Å². The number of fused-ring (bicyclic) bond motifs is 3. The van der Waals surface area contributed by atoms with Crippen LogP contribution in [0.25, 0.3) is 22.3 Å². The molecule has 2 heterocycles. The number of methoxy groups -OCH3 is 2. The van der Waals surface area contributed by atoms with Crippen LogP contribution in [0, 0.1) is 0 Å². The van der Waals surface area contributed by atoms with Gasteiger partial charge in [0.2, 0.25) is 0 Å². The normalized spacial score (nSPS) is 14.4. The van der Waals surface area contributed by atoms with E-state index in [0.29, 0.717) is 28.2 Å². The molecule has 9 heteroatoms. The van der Waals surface area contributed by atoms with Crippen LogP contribution in [-0.2, 0) is 4.79 Å². The van der Waals surface area contributed by atoms with Crippen LogP contribution in [0.2, 0.25) is 0 Å². The van der Waals surface area contributed by atoms with Gasteiger partial charge in [-0.2, -0.15) is 0 Å². The van der Waals surface area contributed by atoms with E-state index in [1.807, 2.05) is 6.92 Å². The van der Waals surface area contributed by atoms with Gasteiger partial charge in [0.15, 0.2) is 28.4 Å². The minimum atomic E-state index is -0.592. The highest BCUT2D eigenvalue weighted by molar-refractivity contribution is 5.93. The molecule has 0 amide bonds. The van der Waals surface area contributed by atoms with Gasteiger partial charge in [-0.1, -0.05) is 12.6 Å². The molecule has 0 fully saturated rings. The zero-order chi connectivity index (χ0) is 27.8. The Bertz CT molecular complexity index is 1680. The van der Waals surface area contributed by atoms with Crippen LogP contribution < -0.4 is 24.4 Å². The van der Waals surface area contributed by atoms with Crippen molar-refractivity contribution in [2.24, 2.45) is 0 Å². The maximum atomic E-state index is 13.2. The van der Waals surface area contributed by atoms with Gasteiger partial charge in [-0.05, 0) is 48.4 Å². The quantitative estimate of drug-likeness (QED) is 0.186. The summed E-state index contributed by atoms with van der Waals surface area (Å²) in [4.78, 5) is 25.9. The van der Waals surface area contributed by atoms with E-state index in [-0.39, 0.29) is 52.8 Å². The van der Waals surface area contributed by atoms with Crippen LogP contribution in [0.3, 0.4) is 0 Å². The van der Waals surface area contributed by atoms with E-state index in [9.17, 15) is 19.8 Å². The van der Waals surface area contributed by atoms with Crippen LogP contribution in [0.5, 0.6) is 34.5 Å². The lowest BCUT2D eigenvalue weighted by Gasteiger charge is -2.26. The minimum absolute atomic E-state index is 0.0452. The topological polar surface area (TPSA) is 125 Å². The monoisotopic (exact) mass is 530 g/mol. The molecule has 1 atom stereocenters. The molecule has 0 aliphatic carbocycles. The van der Waals surface area contributed by atoms with Crippen molar-refractivity contribution < 1.29 is 38.4 Å². The molecule has 0 saturated carbocycles. The molecule has 5 rings (SSSR count). The maximum Gasteiger partial charge on any atom is 0.312 e. The second kappa shape index (κ2) is 10.1. The minimum Gasteiger partial charge on any atom is -0.507 e. The first-order valence-electron chi connectivity index (χ1n) is 12.1. The van der Waals surface area contributed by atoms with E-state index < -0.39 is 17.3 Å². The van der Waals surface area contributed by atoms with Crippen molar-refractivity contribution in [3.63, 3.8) is 0 Å². The van der Waals surface area contributed by atoms with E-state index in [4.69, 9.17) is 23.4 Å². The molecule has 1 aromatic heterocycles. The zero-order valence-corrected chi connectivity index (χ0v) is 21.6. The summed E-state index contributed by atoms with van der Waals surface area (Å²) in [5.41, 5.74) is 1.91. The first-order chi connectivity index (χ1) is 18.7. The lowest BCUT2D eigenvalue weighted by molar-refractivity contribution is -0.135. The lowest BCUT2D eigenvalue weighted by Crippen LogP contribution is -2.22. The second-order valence-electron chi connectivity index (χ2n) is 9.26. The Morgan fingerprint density at radius 1 is 0.974 bits per heavy atom. The molecule has 1 aliphatic heterocycles. The number of hydrogen-bond donors (Lipinski definition) is 2. The molecule has 9 nitrogen and oxygen atoms in total. The van der Waals surface area contributed by atoms with Crippen molar-refractivity contribution in [2.75, 3.05) is 20.8 Å². The van der Waals surface area contributed by atoms with Crippen LogP contribution in [0.15, 0.2) is 69.9 Å². The summed E-state index contributed by atoms with van der Waals surface area (Å²) < 4.78 is 28.1.